The van der Waals surface area contributed by atoms with Gasteiger partial charge in [-0.1, -0.05) is 23.9 Å². The Morgan fingerprint density at radius 1 is 1.19 bits per heavy atom. The number of para-hydroxylation sites is 2. The van der Waals surface area contributed by atoms with E-state index >= 15 is 0 Å². The number of imidazole rings is 1. The fraction of sp³-hybridized carbons (Fsp3) is 0.167. The number of aromatic nitrogens is 4. The van der Waals surface area contributed by atoms with E-state index in [0.717, 1.165) is 11.0 Å². The van der Waals surface area contributed by atoms with E-state index in [1.807, 2.05) is 28.7 Å². The standard InChI is InChI=1S/C18H17N5O3S/c1-25-14-8-7-11(9-15(14)26-2)19-16(24)10-27-18-22-21-17-20-12-5-3-4-6-13(12)23(17)18/h3-9H,10H2,1-2H3,(H,19,24)(H,20,21). The van der Waals surface area contributed by atoms with E-state index < -0.39 is 0 Å². The molecule has 0 radical (unpaired) electrons. The van der Waals surface area contributed by atoms with Gasteiger partial charge in [0.1, 0.15) is 0 Å². The lowest BCUT2D eigenvalue weighted by Crippen LogP contribution is -2.14. The molecule has 0 fully saturated rings. The molecule has 2 heterocycles. The molecule has 4 rings (SSSR count). The Hall–Kier alpha value is -3.20. The van der Waals surface area contributed by atoms with E-state index in [1.54, 1.807) is 32.4 Å². The van der Waals surface area contributed by atoms with E-state index in [0.29, 0.717) is 28.1 Å². The van der Waals surface area contributed by atoms with Gasteiger partial charge in [-0.2, -0.15) is 0 Å². The molecule has 138 valence electrons. The Kier molecular flexibility index (Phi) is 4.59. The van der Waals surface area contributed by atoms with Gasteiger partial charge in [-0.15, -0.1) is 5.10 Å². The zero-order chi connectivity index (χ0) is 18.8. The summed E-state index contributed by atoms with van der Waals surface area (Å²) in [5.41, 5.74) is 2.46. The third-order valence-electron chi connectivity index (χ3n) is 4.00. The maximum absolute atomic E-state index is 12.3. The number of benzene rings is 2. The third-order valence-corrected chi connectivity index (χ3v) is 4.94. The molecular weight excluding hydrogens is 366 g/mol. The number of amides is 1. The highest BCUT2D eigenvalue weighted by atomic mass is 32.2. The largest absolute Gasteiger partial charge is 0.493 e. The van der Waals surface area contributed by atoms with Crippen LogP contribution in [0.3, 0.4) is 0 Å². The maximum atomic E-state index is 12.3. The number of ether oxygens (including phenoxy) is 2. The molecule has 0 aliphatic rings. The Labute approximate surface area is 158 Å². The average molecular weight is 383 g/mol. The molecule has 2 N–H and O–H groups in total. The highest BCUT2D eigenvalue weighted by molar-refractivity contribution is 7.99. The van der Waals surface area contributed by atoms with Crippen LogP contribution in [0.5, 0.6) is 11.5 Å². The number of thioether (sulfide) groups is 1. The van der Waals surface area contributed by atoms with Crippen molar-refractivity contribution in [2.24, 2.45) is 0 Å². The minimum Gasteiger partial charge on any atom is -0.493 e. The number of rotatable bonds is 6. The fourth-order valence-electron chi connectivity index (χ4n) is 2.78. The summed E-state index contributed by atoms with van der Waals surface area (Å²) >= 11 is 1.33. The van der Waals surface area contributed by atoms with E-state index in [2.05, 4.69) is 20.5 Å². The van der Waals surface area contributed by atoms with Crippen LogP contribution in [-0.4, -0.2) is 45.5 Å². The van der Waals surface area contributed by atoms with Crippen LogP contribution in [0, 0.1) is 0 Å². The number of methoxy groups -OCH3 is 2. The van der Waals surface area contributed by atoms with Crippen LogP contribution < -0.4 is 14.8 Å². The van der Waals surface area contributed by atoms with Gasteiger partial charge in [0.05, 0.1) is 31.0 Å². The highest BCUT2D eigenvalue weighted by Gasteiger charge is 2.14. The van der Waals surface area contributed by atoms with E-state index in [4.69, 9.17) is 9.47 Å². The number of hydrogen-bond acceptors (Lipinski definition) is 6. The van der Waals surface area contributed by atoms with Crippen LogP contribution in [-0.2, 0) is 4.79 Å². The molecule has 0 bridgehead atoms. The van der Waals surface area contributed by atoms with Crippen LogP contribution in [0.4, 0.5) is 5.69 Å². The fourth-order valence-corrected chi connectivity index (χ4v) is 3.54. The van der Waals surface area contributed by atoms with Crippen molar-refractivity contribution in [1.29, 1.82) is 0 Å². The lowest BCUT2D eigenvalue weighted by Gasteiger charge is -2.10. The molecule has 0 aliphatic carbocycles. The number of carbonyl (C=O) groups excluding carboxylic acids is 1. The predicted molar refractivity (Wildman–Crippen MR) is 104 cm³/mol. The Morgan fingerprint density at radius 3 is 2.81 bits per heavy atom. The number of anilines is 1. The molecule has 2 aromatic heterocycles. The van der Waals surface area contributed by atoms with Crippen LogP contribution in [0.15, 0.2) is 47.6 Å². The number of fused-ring (bicyclic) bond motifs is 3. The first-order valence-corrected chi connectivity index (χ1v) is 9.14. The monoisotopic (exact) mass is 383 g/mol. The zero-order valence-corrected chi connectivity index (χ0v) is 15.5. The second-order valence-electron chi connectivity index (χ2n) is 5.67. The molecule has 0 aliphatic heterocycles. The van der Waals surface area contributed by atoms with Gasteiger partial charge < -0.3 is 14.8 Å². The molecule has 0 spiro atoms. The Morgan fingerprint density at radius 2 is 2.00 bits per heavy atom. The minimum absolute atomic E-state index is 0.146. The van der Waals surface area contributed by atoms with Gasteiger partial charge >= 0.3 is 0 Å². The van der Waals surface area contributed by atoms with Gasteiger partial charge in [-0.25, -0.2) is 10.1 Å². The lowest BCUT2D eigenvalue weighted by molar-refractivity contribution is -0.113. The molecule has 9 heteroatoms. The first-order valence-electron chi connectivity index (χ1n) is 8.16. The van der Waals surface area contributed by atoms with Crippen molar-refractivity contribution in [3.63, 3.8) is 0 Å². The van der Waals surface area contributed by atoms with Crippen molar-refractivity contribution in [2.45, 2.75) is 5.16 Å². The third kappa shape index (κ3) is 3.28. The second-order valence-corrected chi connectivity index (χ2v) is 6.61. The normalized spacial score (nSPS) is 11.0. The van der Waals surface area contributed by atoms with E-state index in [1.165, 1.54) is 11.8 Å². The minimum atomic E-state index is -0.146. The van der Waals surface area contributed by atoms with Crippen LogP contribution in [0.2, 0.25) is 0 Å². The van der Waals surface area contributed by atoms with Crippen molar-refractivity contribution >= 4 is 40.2 Å². The van der Waals surface area contributed by atoms with Crippen molar-refractivity contribution in [3.8, 4) is 11.5 Å². The number of aromatic amines is 1. The molecule has 1 amide bonds. The molecule has 0 saturated heterocycles. The Bertz CT molecular complexity index is 1120. The maximum Gasteiger partial charge on any atom is 0.234 e. The van der Waals surface area contributed by atoms with Gasteiger partial charge in [0.2, 0.25) is 11.7 Å². The number of hydrogen-bond donors (Lipinski definition) is 2. The summed E-state index contributed by atoms with van der Waals surface area (Å²) in [5.74, 6) is 1.88. The number of nitrogens with zero attached hydrogens (tertiary/aromatic N) is 3. The lowest BCUT2D eigenvalue weighted by atomic mass is 10.2. The highest BCUT2D eigenvalue weighted by Crippen LogP contribution is 2.30. The summed E-state index contributed by atoms with van der Waals surface area (Å²) in [7, 11) is 3.12. The SMILES string of the molecule is COc1ccc(NC(=O)CSc2n[nH]c3nc4ccccc4n23)cc1OC. The van der Waals surface area contributed by atoms with Crippen molar-refractivity contribution in [1.82, 2.24) is 19.6 Å². The molecule has 0 atom stereocenters. The summed E-state index contributed by atoms with van der Waals surface area (Å²) in [6, 6.07) is 13.0. The summed E-state index contributed by atoms with van der Waals surface area (Å²) in [4.78, 5) is 16.8. The average Bonchev–Trinajstić information content (AvgIpc) is 3.25. The summed E-state index contributed by atoms with van der Waals surface area (Å²) in [5, 5.41) is 10.7. The molecule has 4 aromatic rings. The van der Waals surface area contributed by atoms with Gasteiger partial charge in [0.25, 0.3) is 0 Å². The van der Waals surface area contributed by atoms with Gasteiger partial charge in [-0.05, 0) is 24.3 Å². The molecule has 27 heavy (non-hydrogen) atoms. The van der Waals surface area contributed by atoms with Gasteiger partial charge in [-0.3, -0.25) is 9.20 Å². The zero-order valence-electron chi connectivity index (χ0n) is 14.7. The quantitative estimate of drug-likeness (QED) is 0.497. The van der Waals surface area contributed by atoms with E-state index in [-0.39, 0.29) is 11.7 Å². The summed E-state index contributed by atoms with van der Waals surface area (Å²) in [6.45, 7) is 0. The van der Waals surface area contributed by atoms with Crippen LogP contribution in [0.1, 0.15) is 0 Å². The van der Waals surface area contributed by atoms with Gasteiger partial charge in [0.15, 0.2) is 16.7 Å². The molecule has 8 nitrogen and oxygen atoms in total. The smallest absolute Gasteiger partial charge is 0.234 e. The predicted octanol–water partition coefficient (Wildman–Crippen LogP) is 2.96. The van der Waals surface area contributed by atoms with Gasteiger partial charge in [0, 0.05) is 11.8 Å². The second kappa shape index (κ2) is 7.20. The number of nitrogens with one attached hydrogen (secondary N) is 2. The van der Waals surface area contributed by atoms with Crippen molar-refractivity contribution in [2.75, 3.05) is 25.3 Å². The summed E-state index contributed by atoms with van der Waals surface area (Å²) < 4.78 is 12.4. The van der Waals surface area contributed by atoms with Crippen molar-refractivity contribution < 1.29 is 14.3 Å². The first kappa shape index (κ1) is 17.2. The summed E-state index contributed by atoms with van der Waals surface area (Å²) in [6.07, 6.45) is 0. The van der Waals surface area contributed by atoms with Crippen molar-refractivity contribution in [3.05, 3.63) is 42.5 Å². The van der Waals surface area contributed by atoms with Crippen LogP contribution >= 0.6 is 11.8 Å². The van der Waals surface area contributed by atoms with E-state index in [9.17, 15) is 4.79 Å². The molecule has 0 saturated carbocycles. The first-order chi connectivity index (χ1) is 13.2. The number of carbonyl (C=O) groups is 1. The van der Waals surface area contributed by atoms with Crippen LogP contribution in [0.25, 0.3) is 16.8 Å². The molecular formula is C18H17N5O3S. The Balaban J connectivity index is 1.47. The molecule has 0 unspecified atom stereocenters. The number of H-pyrrole nitrogens is 1. The molecule has 2 aromatic carbocycles. The topological polar surface area (TPSA) is 93.5 Å².